The van der Waals surface area contributed by atoms with Gasteiger partial charge in [-0.1, -0.05) is 12.1 Å². The highest BCUT2D eigenvalue weighted by Gasteiger charge is 2.21. The summed E-state index contributed by atoms with van der Waals surface area (Å²) >= 11 is 0. The number of furan rings is 1. The van der Waals surface area contributed by atoms with Crippen molar-refractivity contribution in [3.05, 3.63) is 77.3 Å². The van der Waals surface area contributed by atoms with E-state index in [-0.39, 0.29) is 18.2 Å². The summed E-state index contributed by atoms with van der Waals surface area (Å²) in [4.78, 5) is 12.2. The summed E-state index contributed by atoms with van der Waals surface area (Å²) in [5, 5.41) is 7.23. The lowest BCUT2D eigenvalue weighted by Crippen LogP contribution is -2.32. The molecule has 0 radical (unpaired) electrons. The number of aromatic nitrogens is 2. The normalized spacial score (nSPS) is 12.1. The smallest absolute Gasteiger partial charge is 0.254 e. The Balaban J connectivity index is 1.82. The predicted octanol–water partition coefficient (Wildman–Crippen LogP) is 3.25. The fraction of sp³-hybridized carbons (Fsp3) is 0.222. The number of carbonyl (C=O) groups excluding carboxylic acids is 1. The molecule has 2 heterocycles. The maximum Gasteiger partial charge on any atom is 0.254 e. The first-order valence-corrected chi connectivity index (χ1v) is 7.65. The first kappa shape index (κ1) is 16.0. The first-order valence-electron chi connectivity index (χ1n) is 7.65. The van der Waals surface area contributed by atoms with Gasteiger partial charge in [-0.05, 0) is 44.2 Å². The summed E-state index contributed by atoms with van der Waals surface area (Å²) in [5.41, 5.74) is 1.85. The van der Waals surface area contributed by atoms with Crippen LogP contribution in [0, 0.1) is 19.7 Å². The van der Waals surface area contributed by atoms with E-state index >= 15 is 0 Å². The standard InChI is InChI=1S/C18H18FN3O2/c1-12-10-13(2)22(21-12)16(17-8-5-9-24-17)11-20-18(23)14-6-3-4-7-15(14)19/h3-10,16H,11H2,1-2H3,(H,20,23). The predicted molar refractivity (Wildman–Crippen MR) is 87.3 cm³/mol. The van der Waals surface area contributed by atoms with Crippen LogP contribution in [0.1, 0.15) is 33.5 Å². The highest BCUT2D eigenvalue weighted by molar-refractivity contribution is 5.94. The quantitative estimate of drug-likeness (QED) is 0.782. The monoisotopic (exact) mass is 327 g/mol. The molecule has 1 N–H and O–H groups in total. The zero-order chi connectivity index (χ0) is 17.1. The molecule has 1 aromatic carbocycles. The molecule has 3 aromatic rings. The number of aryl methyl sites for hydroxylation is 2. The van der Waals surface area contributed by atoms with Crippen LogP contribution in [-0.2, 0) is 0 Å². The SMILES string of the molecule is Cc1cc(C)n(C(CNC(=O)c2ccccc2F)c2ccco2)n1. The number of rotatable bonds is 5. The maximum absolute atomic E-state index is 13.7. The lowest BCUT2D eigenvalue weighted by molar-refractivity contribution is 0.0944. The van der Waals surface area contributed by atoms with Crippen molar-refractivity contribution in [2.24, 2.45) is 0 Å². The average Bonchev–Trinajstić information content (AvgIpc) is 3.18. The molecule has 0 bridgehead atoms. The molecule has 24 heavy (non-hydrogen) atoms. The number of hydrogen-bond donors (Lipinski definition) is 1. The molecule has 2 aromatic heterocycles. The molecule has 3 rings (SSSR count). The number of nitrogens with one attached hydrogen (secondary N) is 1. The Kier molecular flexibility index (Phi) is 4.46. The van der Waals surface area contributed by atoms with Crippen LogP contribution in [0.2, 0.25) is 0 Å². The third-order valence-electron chi connectivity index (χ3n) is 3.79. The van der Waals surface area contributed by atoms with Crippen molar-refractivity contribution in [3.63, 3.8) is 0 Å². The molecule has 6 heteroatoms. The summed E-state index contributed by atoms with van der Waals surface area (Å²) in [7, 11) is 0. The number of benzene rings is 1. The van der Waals surface area contributed by atoms with Gasteiger partial charge >= 0.3 is 0 Å². The van der Waals surface area contributed by atoms with Crippen LogP contribution < -0.4 is 5.32 Å². The number of amides is 1. The van der Waals surface area contributed by atoms with Crippen LogP contribution >= 0.6 is 0 Å². The molecular weight excluding hydrogens is 309 g/mol. The van der Waals surface area contributed by atoms with E-state index < -0.39 is 11.7 Å². The topological polar surface area (TPSA) is 60.1 Å². The molecule has 0 saturated carbocycles. The van der Waals surface area contributed by atoms with Gasteiger partial charge in [0.2, 0.25) is 0 Å². The maximum atomic E-state index is 13.7. The molecule has 1 amide bonds. The lowest BCUT2D eigenvalue weighted by atomic mass is 10.1. The van der Waals surface area contributed by atoms with Gasteiger partial charge in [-0.2, -0.15) is 5.10 Å². The first-order chi connectivity index (χ1) is 11.6. The third-order valence-corrected chi connectivity index (χ3v) is 3.79. The van der Waals surface area contributed by atoms with Gasteiger partial charge in [0.1, 0.15) is 17.6 Å². The molecule has 1 atom stereocenters. The lowest BCUT2D eigenvalue weighted by Gasteiger charge is -2.18. The number of hydrogen-bond acceptors (Lipinski definition) is 3. The Morgan fingerprint density at radius 1 is 1.29 bits per heavy atom. The Labute approximate surface area is 139 Å². The highest BCUT2D eigenvalue weighted by atomic mass is 19.1. The van der Waals surface area contributed by atoms with Crippen molar-refractivity contribution >= 4 is 5.91 Å². The van der Waals surface area contributed by atoms with E-state index in [9.17, 15) is 9.18 Å². The zero-order valence-electron chi connectivity index (χ0n) is 13.5. The van der Waals surface area contributed by atoms with E-state index in [0.29, 0.717) is 5.76 Å². The van der Waals surface area contributed by atoms with Gasteiger partial charge in [0.25, 0.3) is 5.91 Å². The van der Waals surface area contributed by atoms with Gasteiger partial charge in [0, 0.05) is 12.2 Å². The average molecular weight is 327 g/mol. The molecule has 0 aliphatic rings. The second kappa shape index (κ2) is 6.70. The van der Waals surface area contributed by atoms with Crippen LogP contribution in [0.15, 0.2) is 53.1 Å². The van der Waals surface area contributed by atoms with Crippen LogP contribution in [0.25, 0.3) is 0 Å². The Bertz CT molecular complexity index is 840. The minimum atomic E-state index is -0.546. The van der Waals surface area contributed by atoms with E-state index in [2.05, 4.69) is 10.4 Å². The van der Waals surface area contributed by atoms with E-state index in [1.54, 1.807) is 29.1 Å². The van der Waals surface area contributed by atoms with Gasteiger partial charge in [0.05, 0.1) is 17.5 Å². The number of carbonyl (C=O) groups is 1. The number of halogens is 1. The van der Waals surface area contributed by atoms with Gasteiger partial charge in [-0.25, -0.2) is 4.39 Å². The molecule has 0 fully saturated rings. The third kappa shape index (κ3) is 3.22. The van der Waals surface area contributed by atoms with Crippen LogP contribution in [-0.4, -0.2) is 22.2 Å². The number of nitrogens with zero attached hydrogens (tertiary/aromatic N) is 2. The fourth-order valence-electron chi connectivity index (χ4n) is 2.68. The summed E-state index contributed by atoms with van der Waals surface area (Å²) in [6, 6.07) is 11.2. The van der Waals surface area contributed by atoms with E-state index in [0.717, 1.165) is 11.4 Å². The van der Waals surface area contributed by atoms with Gasteiger partial charge < -0.3 is 9.73 Å². The van der Waals surface area contributed by atoms with Crippen LogP contribution in [0.4, 0.5) is 4.39 Å². The second-order valence-corrected chi connectivity index (χ2v) is 5.59. The fourth-order valence-corrected chi connectivity index (χ4v) is 2.68. The highest BCUT2D eigenvalue weighted by Crippen LogP contribution is 2.20. The molecule has 5 nitrogen and oxygen atoms in total. The molecule has 1 unspecified atom stereocenters. The van der Waals surface area contributed by atoms with Crippen molar-refractivity contribution in [3.8, 4) is 0 Å². The molecule has 0 saturated heterocycles. The molecule has 0 aliphatic heterocycles. The summed E-state index contributed by atoms with van der Waals surface area (Å²) in [6.07, 6.45) is 1.58. The zero-order valence-corrected chi connectivity index (χ0v) is 13.5. The van der Waals surface area contributed by atoms with Crippen LogP contribution in [0.5, 0.6) is 0 Å². The minimum Gasteiger partial charge on any atom is -0.467 e. The van der Waals surface area contributed by atoms with Crippen molar-refractivity contribution in [2.45, 2.75) is 19.9 Å². The van der Waals surface area contributed by atoms with E-state index in [4.69, 9.17) is 4.42 Å². The van der Waals surface area contributed by atoms with Gasteiger partial charge in [0.15, 0.2) is 0 Å². The summed E-state index contributed by atoms with van der Waals surface area (Å²) in [6.45, 7) is 4.08. The van der Waals surface area contributed by atoms with Gasteiger partial charge in [-0.15, -0.1) is 0 Å². The van der Waals surface area contributed by atoms with E-state index in [1.165, 1.54) is 12.1 Å². The van der Waals surface area contributed by atoms with Crippen LogP contribution in [0.3, 0.4) is 0 Å². The summed E-state index contributed by atoms with van der Waals surface area (Å²) in [5.74, 6) is -0.336. The van der Waals surface area contributed by atoms with Gasteiger partial charge in [-0.3, -0.25) is 9.48 Å². The van der Waals surface area contributed by atoms with Crippen molar-refractivity contribution in [1.82, 2.24) is 15.1 Å². The second-order valence-electron chi connectivity index (χ2n) is 5.59. The Hall–Kier alpha value is -2.89. The summed E-state index contributed by atoms with van der Waals surface area (Å²) < 4.78 is 21.0. The molecule has 0 spiro atoms. The molecular formula is C18H18FN3O2. The van der Waals surface area contributed by atoms with Crippen molar-refractivity contribution < 1.29 is 13.6 Å². The van der Waals surface area contributed by atoms with Crippen molar-refractivity contribution in [1.29, 1.82) is 0 Å². The Morgan fingerprint density at radius 3 is 2.71 bits per heavy atom. The largest absolute Gasteiger partial charge is 0.467 e. The minimum absolute atomic E-state index is 0.0177. The molecule has 124 valence electrons. The Morgan fingerprint density at radius 2 is 2.08 bits per heavy atom. The molecule has 0 aliphatic carbocycles. The van der Waals surface area contributed by atoms with E-state index in [1.807, 2.05) is 26.0 Å². The van der Waals surface area contributed by atoms with Crippen molar-refractivity contribution in [2.75, 3.05) is 6.54 Å².